The predicted octanol–water partition coefficient (Wildman–Crippen LogP) is 1.66. The van der Waals surface area contributed by atoms with Gasteiger partial charge >= 0.3 is 5.97 Å². The van der Waals surface area contributed by atoms with Crippen LogP contribution >= 0.6 is 0 Å². The Labute approximate surface area is 110 Å². The number of rotatable bonds is 11. The minimum Gasteiger partial charge on any atom is -0.480 e. The predicted molar refractivity (Wildman–Crippen MR) is 70.9 cm³/mol. The molecule has 0 rings (SSSR count). The fourth-order valence-corrected chi connectivity index (χ4v) is 1.47. The fourth-order valence-electron chi connectivity index (χ4n) is 1.47. The van der Waals surface area contributed by atoms with Gasteiger partial charge in [-0.2, -0.15) is 0 Å². The molecule has 0 aromatic carbocycles. The van der Waals surface area contributed by atoms with E-state index >= 15 is 0 Å². The van der Waals surface area contributed by atoms with E-state index in [1.165, 1.54) is 0 Å². The summed E-state index contributed by atoms with van der Waals surface area (Å²) in [6.07, 6.45) is 1.35. The highest BCUT2D eigenvalue weighted by Gasteiger charge is 2.31. The summed E-state index contributed by atoms with van der Waals surface area (Å²) < 4.78 is 10.8. The first kappa shape index (κ1) is 17.4. The van der Waals surface area contributed by atoms with Gasteiger partial charge in [-0.25, -0.2) is 0 Å². The van der Waals surface area contributed by atoms with Crippen LogP contribution in [0.25, 0.3) is 0 Å². The van der Waals surface area contributed by atoms with E-state index in [1.54, 1.807) is 6.92 Å². The molecule has 5 heteroatoms. The lowest BCUT2D eigenvalue weighted by Gasteiger charge is -2.26. The second-order valence-electron chi connectivity index (χ2n) is 4.65. The van der Waals surface area contributed by atoms with Crippen molar-refractivity contribution in [3.05, 3.63) is 0 Å². The van der Waals surface area contributed by atoms with Crippen LogP contribution in [0.1, 0.15) is 40.5 Å². The molecule has 0 aliphatic carbocycles. The lowest BCUT2D eigenvalue weighted by Crippen LogP contribution is -2.50. The zero-order valence-electron chi connectivity index (χ0n) is 12.0. The topological polar surface area (TPSA) is 67.8 Å². The highest BCUT2D eigenvalue weighted by atomic mass is 16.5. The Kier molecular flexibility index (Phi) is 8.97. The molecule has 0 saturated carbocycles. The molecule has 2 N–H and O–H groups in total. The SMILES string of the molecule is CCCNC(C)(CCOC(C)COCC)C(=O)O. The maximum atomic E-state index is 11.2. The average molecular weight is 261 g/mol. The van der Waals surface area contributed by atoms with Crippen molar-refractivity contribution in [1.82, 2.24) is 5.32 Å². The van der Waals surface area contributed by atoms with Crippen LogP contribution in [-0.2, 0) is 14.3 Å². The third-order valence-electron chi connectivity index (χ3n) is 2.80. The monoisotopic (exact) mass is 261 g/mol. The van der Waals surface area contributed by atoms with Gasteiger partial charge in [0.25, 0.3) is 0 Å². The Morgan fingerprint density at radius 2 is 2.11 bits per heavy atom. The summed E-state index contributed by atoms with van der Waals surface area (Å²) in [6.45, 7) is 9.87. The van der Waals surface area contributed by atoms with Crippen molar-refractivity contribution >= 4 is 5.97 Å². The minimum absolute atomic E-state index is 0.00540. The normalized spacial score (nSPS) is 16.2. The molecule has 0 aliphatic heterocycles. The van der Waals surface area contributed by atoms with Crippen LogP contribution in [0.4, 0.5) is 0 Å². The molecule has 18 heavy (non-hydrogen) atoms. The highest BCUT2D eigenvalue weighted by molar-refractivity contribution is 5.78. The first-order valence-electron chi connectivity index (χ1n) is 6.64. The molecule has 2 atom stereocenters. The molecule has 5 nitrogen and oxygen atoms in total. The maximum Gasteiger partial charge on any atom is 0.323 e. The minimum atomic E-state index is -0.915. The number of nitrogens with one attached hydrogen (secondary N) is 1. The number of aliphatic carboxylic acids is 1. The molecule has 0 radical (unpaired) electrons. The molecule has 0 heterocycles. The fraction of sp³-hybridized carbons (Fsp3) is 0.923. The summed E-state index contributed by atoms with van der Waals surface area (Å²) in [4.78, 5) is 11.2. The molecule has 0 aliphatic rings. The third kappa shape index (κ3) is 6.93. The van der Waals surface area contributed by atoms with Gasteiger partial charge in [-0.3, -0.25) is 4.79 Å². The van der Waals surface area contributed by atoms with E-state index in [1.807, 2.05) is 20.8 Å². The van der Waals surface area contributed by atoms with E-state index in [4.69, 9.17) is 9.47 Å². The molecule has 108 valence electrons. The Bertz CT molecular complexity index is 235. The van der Waals surface area contributed by atoms with Gasteiger partial charge in [0, 0.05) is 13.2 Å². The third-order valence-corrected chi connectivity index (χ3v) is 2.80. The van der Waals surface area contributed by atoms with E-state index in [9.17, 15) is 9.90 Å². The molecule has 2 unspecified atom stereocenters. The van der Waals surface area contributed by atoms with Gasteiger partial charge in [0.1, 0.15) is 5.54 Å². The number of carbonyl (C=O) groups is 1. The van der Waals surface area contributed by atoms with Crippen LogP contribution in [0.5, 0.6) is 0 Å². The van der Waals surface area contributed by atoms with E-state index in [0.717, 1.165) is 6.42 Å². The van der Waals surface area contributed by atoms with Crippen molar-refractivity contribution < 1.29 is 19.4 Å². The van der Waals surface area contributed by atoms with Crippen LogP contribution < -0.4 is 5.32 Å². The van der Waals surface area contributed by atoms with Gasteiger partial charge in [-0.1, -0.05) is 6.92 Å². The van der Waals surface area contributed by atoms with Gasteiger partial charge in [-0.15, -0.1) is 0 Å². The van der Waals surface area contributed by atoms with Crippen LogP contribution in [0.2, 0.25) is 0 Å². The second kappa shape index (κ2) is 9.30. The first-order chi connectivity index (χ1) is 8.46. The van der Waals surface area contributed by atoms with Crippen molar-refractivity contribution in [1.29, 1.82) is 0 Å². The quantitative estimate of drug-likeness (QED) is 0.592. The summed E-state index contributed by atoms with van der Waals surface area (Å²) in [5, 5.41) is 12.3. The molecule has 0 spiro atoms. The van der Waals surface area contributed by atoms with Gasteiger partial charge in [-0.05, 0) is 40.2 Å². The van der Waals surface area contributed by atoms with Gasteiger partial charge in [0.05, 0.1) is 12.7 Å². The van der Waals surface area contributed by atoms with E-state index < -0.39 is 11.5 Å². The smallest absolute Gasteiger partial charge is 0.323 e. The van der Waals surface area contributed by atoms with Gasteiger partial charge < -0.3 is 19.9 Å². The second-order valence-corrected chi connectivity index (χ2v) is 4.65. The number of carboxylic acid groups (broad SMARTS) is 1. The highest BCUT2D eigenvalue weighted by Crippen LogP contribution is 2.11. The zero-order valence-corrected chi connectivity index (χ0v) is 12.0. The molecular formula is C13H27NO4. The number of carboxylic acids is 1. The summed E-state index contributed by atoms with van der Waals surface area (Å²) >= 11 is 0. The molecular weight excluding hydrogens is 234 g/mol. The first-order valence-corrected chi connectivity index (χ1v) is 6.64. The maximum absolute atomic E-state index is 11.2. The van der Waals surface area contributed by atoms with Crippen molar-refractivity contribution in [2.45, 2.75) is 52.2 Å². The number of hydrogen-bond acceptors (Lipinski definition) is 4. The summed E-state index contributed by atoms with van der Waals surface area (Å²) in [5.74, 6) is -0.836. The lowest BCUT2D eigenvalue weighted by molar-refractivity contribution is -0.145. The Morgan fingerprint density at radius 1 is 1.44 bits per heavy atom. The van der Waals surface area contributed by atoms with Crippen molar-refractivity contribution in [3.63, 3.8) is 0 Å². The van der Waals surface area contributed by atoms with Crippen LogP contribution in [0.15, 0.2) is 0 Å². The van der Waals surface area contributed by atoms with E-state index in [-0.39, 0.29) is 6.10 Å². The summed E-state index contributed by atoms with van der Waals surface area (Å²) in [5.41, 5.74) is -0.915. The van der Waals surface area contributed by atoms with E-state index in [2.05, 4.69) is 5.32 Å². The summed E-state index contributed by atoms with van der Waals surface area (Å²) in [6, 6.07) is 0. The molecule has 0 fully saturated rings. The van der Waals surface area contributed by atoms with Gasteiger partial charge in [0.15, 0.2) is 0 Å². The van der Waals surface area contributed by atoms with Crippen molar-refractivity contribution in [2.24, 2.45) is 0 Å². The van der Waals surface area contributed by atoms with E-state index in [0.29, 0.717) is 32.8 Å². The Hall–Kier alpha value is -0.650. The Balaban J connectivity index is 4.00. The van der Waals surface area contributed by atoms with Crippen LogP contribution in [0, 0.1) is 0 Å². The molecule has 0 aromatic rings. The molecule has 0 saturated heterocycles. The largest absolute Gasteiger partial charge is 0.480 e. The molecule has 0 amide bonds. The van der Waals surface area contributed by atoms with Gasteiger partial charge in [0.2, 0.25) is 0 Å². The number of hydrogen-bond donors (Lipinski definition) is 2. The lowest BCUT2D eigenvalue weighted by atomic mass is 9.98. The summed E-state index contributed by atoms with van der Waals surface area (Å²) in [7, 11) is 0. The average Bonchev–Trinajstić information content (AvgIpc) is 2.33. The molecule has 0 aromatic heterocycles. The number of ether oxygens (including phenoxy) is 2. The van der Waals surface area contributed by atoms with Crippen molar-refractivity contribution in [3.8, 4) is 0 Å². The standard InChI is InChI=1S/C13H27NO4/c1-5-8-14-13(4,12(15)16)7-9-18-11(3)10-17-6-2/h11,14H,5-10H2,1-4H3,(H,15,16). The molecule has 0 bridgehead atoms. The van der Waals surface area contributed by atoms with Crippen LogP contribution in [0.3, 0.4) is 0 Å². The Morgan fingerprint density at radius 3 is 2.61 bits per heavy atom. The van der Waals surface area contributed by atoms with Crippen molar-refractivity contribution in [2.75, 3.05) is 26.4 Å². The zero-order chi connectivity index (χ0) is 14.0. The van der Waals surface area contributed by atoms with Crippen LogP contribution in [-0.4, -0.2) is 49.1 Å².